The maximum absolute atomic E-state index is 13.1. The molecule has 2 rings (SSSR count). The molecule has 0 aliphatic rings. The van der Waals surface area contributed by atoms with Crippen LogP contribution >= 0.6 is 0 Å². The number of aryl methyl sites for hydroxylation is 2. The van der Waals surface area contributed by atoms with Crippen LogP contribution in [0.15, 0.2) is 35.2 Å². The Morgan fingerprint density at radius 2 is 1.43 bits per heavy atom. The predicted molar refractivity (Wildman–Crippen MR) is 77.5 cm³/mol. The second-order valence-electron chi connectivity index (χ2n) is 4.75. The van der Waals surface area contributed by atoms with Crippen LogP contribution in [0.25, 0.3) is 0 Å². The van der Waals surface area contributed by atoms with E-state index in [1.54, 1.807) is 13.8 Å². The Labute approximate surface area is 121 Å². The molecule has 0 radical (unpaired) electrons. The van der Waals surface area contributed by atoms with E-state index in [1.165, 1.54) is 12.1 Å². The minimum atomic E-state index is -3.96. The van der Waals surface area contributed by atoms with Gasteiger partial charge in [0.25, 0.3) is 10.0 Å². The molecule has 112 valence electrons. The molecule has 0 unspecified atom stereocenters. The van der Waals surface area contributed by atoms with E-state index in [0.29, 0.717) is 22.9 Å². The highest BCUT2D eigenvalue weighted by atomic mass is 32.2. The summed E-state index contributed by atoms with van der Waals surface area (Å²) in [6.07, 6.45) is 0. The van der Waals surface area contributed by atoms with E-state index < -0.39 is 21.7 Å². The van der Waals surface area contributed by atoms with Gasteiger partial charge in [0.15, 0.2) is 0 Å². The molecule has 21 heavy (non-hydrogen) atoms. The van der Waals surface area contributed by atoms with Gasteiger partial charge < -0.3 is 5.73 Å². The summed E-state index contributed by atoms with van der Waals surface area (Å²) < 4.78 is 53.2. The van der Waals surface area contributed by atoms with Crippen molar-refractivity contribution in [1.82, 2.24) is 0 Å². The third kappa shape index (κ3) is 3.30. The van der Waals surface area contributed by atoms with Gasteiger partial charge in [-0.1, -0.05) is 0 Å². The molecule has 0 amide bonds. The van der Waals surface area contributed by atoms with E-state index in [-0.39, 0.29) is 10.6 Å². The van der Waals surface area contributed by atoms with Crippen LogP contribution in [0.3, 0.4) is 0 Å². The summed E-state index contributed by atoms with van der Waals surface area (Å²) in [7, 11) is -3.96. The van der Waals surface area contributed by atoms with Gasteiger partial charge in [-0.3, -0.25) is 4.72 Å². The first-order valence-corrected chi connectivity index (χ1v) is 7.53. The zero-order chi connectivity index (χ0) is 15.8. The molecule has 4 nitrogen and oxygen atoms in total. The summed E-state index contributed by atoms with van der Waals surface area (Å²) in [5.41, 5.74) is 6.83. The molecular formula is C14H14F2N2O2S. The highest BCUT2D eigenvalue weighted by molar-refractivity contribution is 7.92. The lowest BCUT2D eigenvalue weighted by atomic mass is 10.1. The van der Waals surface area contributed by atoms with Crippen molar-refractivity contribution in [3.63, 3.8) is 0 Å². The number of benzene rings is 2. The quantitative estimate of drug-likeness (QED) is 0.856. The Bertz CT molecular complexity index is 761. The zero-order valence-electron chi connectivity index (χ0n) is 11.4. The number of halogens is 2. The monoisotopic (exact) mass is 312 g/mol. The Morgan fingerprint density at radius 3 is 1.90 bits per heavy atom. The number of hydrogen-bond acceptors (Lipinski definition) is 3. The van der Waals surface area contributed by atoms with Crippen LogP contribution in [-0.4, -0.2) is 8.42 Å². The van der Waals surface area contributed by atoms with Crippen molar-refractivity contribution >= 4 is 21.4 Å². The lowest BCUT2D eigenvalue weighted by Crippen LogP contribution is -2.16. The molecule has 0 aromatic heterocycles. The highest BCUT2D eigenvalue weighted by Gasteiger charge is 2.20. The highest BCUT2D eigenvalue weighted by Crippen LogP contribution is 2.25. The van der Waals surface area contributed by atoms with Crippen LogP contribution in [-0.2, 0) is 10.0 Å². The van der Waals surface area contributed by atoms with Gasteiger partial charge in [-0.25, -0.2) is 17.2 Å². The van der Waals surface area contributed by atoms with Crippen molar-refractivity contribution in [3.8, 4) is 0 Å². The molecule has 7 heteroatoms. The number of nitrogen functional groups attached to an aromatic ring is 1. The second-order valence-corrected chi connectivity index (χ2v) is 6.37. The minimum absolute atomic E-state index is 0.0429. The van der Waals surface area contributed by atoms with Crippen molar-refractivity contribution in [2.24, 2.45) is 0 Å². The van der Waals surface area contributed by atoms with Crippen LogP contribution in [0.5, 0.6) is 0 Å². The van der Waals surface area contributed by atoms with Crippen molar-refractivity contribution in [2.45, 2.75) is 18.7 Å². The standard InChI is InChI=1S/C14H14F2N2O2S/c1-8-3-12(17)4-9(2)14(8)21(19,20)18-13-6-10(15)5-11(16)7-13/h3-7,18H,17H2,1-2H3. The van der Waals surface area contributed by atoms with Gasteiger partial charge in [0.1, 0.15) is 11.6 Å². The van der Waals surface area contributed by atoms with Crippen molar-refractivity contribution in [3.05, 3.63) is 53.1 Å². The van der Waals surface area contributed by atoms with Crippen molar-refractivity contribution in [2.75, 3.05) is 10.5 Å². The lowest BCUT2D eigenvalue weighted by molar-refractivity contribution is 0.584. The number of nitrogens with two attached hydrogens (primary N) is 1. The fourth-order valence-corrected chi connectivity index (χ4v) is 3.72. The predicted octanol–water partition coefficient (Wildman–Crippen LogP) is 2.96. The Kier molecular flexibility index (Phi) is 3.87. The van der Waals surface area contributed by atoms with E-state index in [4.69, 9.17) is 5.73 Å². The molecule has 0 fully saturated rings. The van der Waals surface area contributed by atoms with Crippen molar-refractivity contribution < 1.29 is 17.2 Å². The summed E-state index contributed by atoms with van der Waals surface area (Å²) in [4.78, 5) is 0.0429. The zero-order valence-corrected chi connectivity index (χ0v) is 12.3. The van der Waals surface area contributed by atoms with Crippen LogP contribution in [0.2, 0.25) is 0 Å². The third-order valence-corrected chi connectivity index (χ3v) is 4.55. The number of anilines is 2. The van der Waals surface area contributed by atoms with Crippen LogP contribution in [0, 0.1) is 25.5 Å². The summed E-state index contributed by atoms with van der Waals surface area (Å²) in [5.74, 6) is -1.73. The third-order valence-electron chi connectivity index (χ3n) is 2.87. The van der Waals surface area contributed by atoms with Gasteiger partial charge in [0, 0.05) is 11.8 Å². The molecule has 0 spiro atoms. The summed E-state index contributed by atoms with van der Waals surface area (Å²) in [5, 5.41) is 0. The van der Waals surface area contributed by atoms with E-state index in [1.807, 2.05) is 0 Å². The topological polar surface area (TPSA) is 72.2 Å². The van der Waals surface area contributed by atoms with E-state index in [0.717, 1.165) is 12.1 Å². The summed E-state index contributed by atoms with van der Waals surface area (Å²) >= 11 is 0. The first kappa shape index (κ1) is 15.2. The molecule has 0 heterocycles. The fraction of sp³-hybridized carbons (Fsp3) is 0.143. The number of sulfonamides is 1. The normalized spacial score (nSPS) is 11.4. The van der Waals surface area contributed by atoms with E-state index in [2.05, 4.69) is 4.72 Å². The van der Waals surface area contributed by atoms with Gasteiger partial charge >= 0.3 is 0 Å². The second kappa shape index (κ2) is 5.33. The molecule has 0 saturated carbocycles. The molecular weight excluding hydrogens is 298 g/mol. The molecule has 0 bridgehead atoms. The van der Waals surface area contributed by atoms with E-state index in [9.17, 15) is 17.2 Å². The van der Waals surface area contributed by atoms with E-state index >= 15 is 0 Å². The SMILES string of the molecule is Cc1cc(N)cc(C)c1S(=O)(=O)Nc1cc(F)cc(F)c1. The first-order valence-electron chi connectivity index (χ1n) is 6.04. The minimum Gasteiger partial charge on any atom is -0.399 e. The number of rotatable bonds is 3. The molecule has 2 aromatic rings. The molecule has 2 aromatic carbocycles. The number of nitrogens with one attached hydrogen (secondary N) is 1. The van der Waals surface area contributed by atoms with Gasteiger partial charge in [-0.05, 0) is 49.2 Å². The average Bonchev–Trinajstić information content (AvgIpc) is 2.23. The Morgan fingerprint density at radius 1 is 0.952 bits per heavy atom. The van der Waals surface area contributed by atoms with Crippen LogP contribution in [0.4, 0.5) is 20.2 Å². The Hall–Kier alpha value is -2.15. The molecule has 0 aliphatic carbocycles. The Balaban J connectivity index is 2.48. The molecule has 3 N–H and O–H groups in total. The maximum atomic E-state index is 13.1. The van der Waals surface area contributed by atoms with Crippen molar-refractivity contribution in [1.29, 1.82) is 0 Å². The maximum Gasteiger partial charge on any atom is 0.262 e. The average molecular weight is 312 g/mol. The summed E-state index contributed by atoms with van der Waals surface area (Å²) in [6.45, 7) is 3.20. The first-order chi connectivity index (χ1) is 9.69. The smallest absolute Gasteiger partial charge is 0.262 e. The largest absolute Gasteiger partial charge is 0.399 e. The van der Waals surface area contributed by atoms with Crippen LogP contribution < -0.4 is 10.5 Å². The van der Waals surface area contributed by atoms with Crippen LogP contribution in [0.1, 0.15) is 11.1 Å². The molecule has 0 saturated heterocycles. The van der Waals surface area contributed by atoms with Gasteiger partial charge in [0.05, 0.1) is 10.6 Å². The summed E-state index contributed by atoms with van der Waals surface area (Å²) in [6, 6.07) is 5.52. The fourth-order valence-electron chi connectivity index (χ4n) is 2.23. The van der Waals surface area contributed by atoms with Gasteiger partial charge in [0.2, 0.25) is 0 Å². The molecule has 0 atom stereocenters. The molecule has 0 aliphatic heterocycles. The lowest BCUT2D eigenvalue weighted by Gasteiger charge is -2.14. The number of hydrogen-bond donors (Lipinski definition) is 2. The van der Waals surface area contributed by atoms with Gasteiger partial charge in [-0.2, -0.15) is 0 Å². The van der Waals surface area contributed by atoms with Gasteiger partial charge in [-0.15, -0.1) is 0 Å².